The average Bonchev–Trinajstić information content (AvgIpc) is 2.99. The summed E-state index contributed by atoms with van der Waals surface area (Å²) in [6.45, 7) is 4.00. The number of hydrogen-bond acceptors (Lipinski definition) is 5. The molecule has 0 aromatic rings. The number of rotatable bonds is 5. The van der Waals surface area contributed by atoms with Gasteiger partial charge in [0.25, 0.3) is 0 Å². The van der Waals surface area contributed by atoms with E-state index in [9.17, 15) is 0 Å². The average molecular weight is 330 g/mol. The van der Waals surface area contributed by atoms with E-state index in [4.69, 9.17) is 9.47 Å². The van der Waals surface area contributed by atoms with Gasteiger partial charge in [0.1, 0.15) is 0 Å². The largest absolute Gasteiger partial charge is 0.382 e. The first-order valence-corrected chi connectivity index (χ1v) is 9.08. The molecule has 0 aliphatic carbocycles. The Hall–Kier alpha value is -0.500. The molecule has 2 saturated heterocycles. The van der Waals surface area contributed by atoms with Crippen molar-refractivity contribution in [1.82, 2.24) is 15.1 Å². The Kier molecular flexibility index (Phi) is 6.80. The molecule has 0 spiro atoms. The standard InChI is InChI=1S/C15H30N4O2S/c1-16-14(19-6-7-21-13(9-19)10-20-4)17-11-15(18(2)3)5-8-22-12-15/h13H,5-12H2,1-4H3,(H,16,17). The van der Waals surface area contributed by atoms with Crippen molar-refractivity contribution in [2.45, 2.75) is 18.1 Å². The molecule has 2 atom stereocenters. The van der Waals surface area contributed by atoms with Gasteiger partial charge in [0.2, 0.25) is 0 Å². The molecule has 0 aromatic carbocycles. The first-order chi connectivity index (χ1) is 10.6. The lowest BCUT2D eigenvalue weighted by molar-refractivity contribution is -0.0448. The van der Waals surface area contributed by atoms with E-state index >= 15 is 0 Å². The van der Waals surface area contributed by atoms with E-state index in [2.05, 4.69) is 34.2 Å². The Bertz CT molecular complexity index is 371. The molecule has 0 bridgehead atoms. The van der Waals surface area contributed by atoms with Crippen molar-refractivity contribution in [2.75, 3.05) is 72.6 Å². The second kappa shape index (κ2) is 8.38. The summed E-state index contributed by atoms with van der Waals surface area (Å²) in [4.78, 5) is 9.11. The second-order valence-electron chi connectivity index (χ2n) is 6.22. The van der Waals surface area contributed by atoms with Crippen LogP contribution in [-0.2, 0) is 9.47 Å². The van der Waals surface area contributed by atoms with Crippen LogP contribution < -0.4 is 5.32 Å². The van der Waals surface area contributed by atoms with E-state index in [1.54, 1.807) is 7.11 Å². The molecule has 0 radical (unpaired) electrons. The van der Waals surface area contributed by atoms with Crippen molar-refractivity contribution < 1.29 is 9.47 Å². The summed E-state index contributed by atoms with van der Waals surface area (Å²) in [6.07, 6.45) is 1.35. The van der Waals surface area contributed by atoms with Crippen molar-refractivity contribution in [3.8, 4) is 0 Å². The minimum atomic E-state index is 0.127. The molecule has 2 heterocycles. The number of ether oxygens (including phenoxy) is 2. The summed E-state index contributed by atoms with van der Waals surface area (Å²) in [5.74, 6) is 3.40. The molecule has 2 aliphatic heterocycles. The molecule has 22 heavy (non-hydrogen) atoms. The number of methoxy groups -OCH3 is 1. The molecule has 128 valence electrons. The summed E-state index contributed by atoms with van der Waals surface area (Å²) in [5.41, 5.74) is 0.235. The molecule has 2 aliphatic rings. The first-order valence-electron chi connectivity index (χ1n) is 7.92. The zero-order valence-electron chi connectivity index (χ0n) is 14.3. The van der Waals surface area contributed by atoms with E-state index in [1.165, 1.54) is 17.9 Å². The number of hydrogen-bond donors (Lipinski definition) is 1. The highest BCUT2D eigenvalue weighted by atomic mass is 32.2. The summed E-state index contributed by atoms with van der Waals surface area (Å²) < 4.78 is 10.9. The predicted octanol–water partition coefficient (Wildman–Crippen LogP) is 0.346. The van der Waals surface area contributed by atoms with Gasteiger partial charge < -0.3 is 24.6 Å². The zero-order chi connectivity index (χ0) is 16.0. The quantitative estimate of drug-likeness (QED) is 0.580. The highest BCUT2D eigenvalue weighted by Crippen LogP contribution is 2.31. The highest BCUT2D eigenvalue weighted by Gasteiger charge is 2.37. The van der Waals surface area contributed by atoms with Crippen LogP contribution in [0.5, 0.6) is 0 Å². The summed E-state index contributed by atoms with van der Waals surface area (Å²) in [6, 6.07) is 0. The lowest BCUT2D eigenvalue weighted by Gasteiger charge is -2.39. The summed E-state index contributed by atoms with van der Waals surface area (Å²) >= 11 is 2.04. The minimum Gasteiger partial charge on any atom is -0.382 e. The van der Waals surface area contributed by atoms with Crippen LogP contribution in [0.25, 0.3) is 0 Å². The molecule has 0 saturated carbocycles. The third kappa shape index (κ3) is 4.28. The monoisotopic (exact) mass is 330 g/mol. The SMILES string of the molecule is CN=C(NCC1(N(C)C)CCSC1)N1CCOC(COC)C1. The fraction of sp³-hybridized carbons (Fsp3) is 0.933. The third-order valence-electron chi connectivity index (χ3n) is 4.61. The minimum absolute atomic E-state index is 0.127. The van der Waals surface area contributed by atoms with Crippen LogP contribution in [0.15, 0.2) is 4.99 Å². The third-order valence-corrected chi connectivity index (χ3v) is 5.84. The maximum Gasteiger partial charge on any atom is 0.193 e. The van der Waals surface area contributed by atoms with Gasteiger partial charge in [0.05, 0.1) is 19.3 Å². The van der Waals surface area contributed by atoms with Gasteiger partial charge >= 0.3 is 0 Å². The van der Waals surface area contributed by atoms with Gasteiger partial charge in [-0.2, -0.15) is 11.8 Å². The molecular formula is C15H30N4O2S. The molecule has 6 nitrogen and oxygen atoms in total. The normalized spacial score (nSPS) is 30.1. The zero-order valence-corrected chi connectivity index (χ0v) is 15.1. The van der Waals surface area contributed by atoms with Gasteiger partial charge in [-0.05, 0) is 26.3 Å². The fourth-order valence-corrected chi connectivity index (χ4v) is 4.57. The van der Waals surface area contributed by atoms with Gasteiger partial charge in [-0.15, -0.1) is 0 Å². The van der Waals surface area contributed by atoms with Crippen molar-refractivity contribution in [2.24, 2.45) is 4.99 Å². The Morgan fingerprint density at radius 1 is 1.55 bits per heavy atom. The number of aliphatic imine (C=N–C) groups is 1. The number of nitrogens with one attached hydrogen (secondary N) is 1. The maximum absolute atomic E-state index is 5.72. The van der Waals surface area contributed by atoms with Crippen LogP contribution >= 0.6 is 11.8 Å². The maximum atomic E-state index is 5.72. The number of thioether (sulfide) groups is 1. The number of morpholine rings is 1. The first kappa shape index (κ1) is 17.8. The van der Waals surface area contributed by atoms with Crippen LogP contribution in [0.4, 0.5) is 0 Å². The molecule has 1 N–H and O–H groups in total. The topological polar surface area (TPSA) is 49.3 Å². The van der Waals surface area contributed by atoms with Crippen molar-refractivity contribution in [3.63, 3.8) is 0 Å². The van der Waals surface area contributed by atoms with Crippen LogP contribution in [0.2, 0.25) is 0 Å². The molecule has 2 unspecified atom stereocenters. The van der Waals surface area contributed by atoms with E-state index in [0.29, 0.717) is 6.61 Å². The van der Waals surface area contributed by atoms with Crippen molar-refractivity contribution in [3.05, 3.63) is 0 Å². The van der Waals surface area contributed by atoms with Crippen LogP contribution in [0.3, 0.4) is 0 Å². The highest BCUT2D eigenvalue weighted by molar-refractivity contribution is 7.99. The van der Waals surface area contributed by atoms with Gasteiger partial charge in [0, 0.05) is 45.1 Å². The van der Waals surface area contributed by atoms with Gasteiger partial charge in [0.15, 0.2) is 5.96 Å². The molecule has 0 amide bonds. The molecule has 2 fully saturated rings. The molecule has 0 aromatic heterocycles. The van der Waals surface area contributed by atoms with Crippen LogP contribution in [-0.4, -0.2) is 100 Å². The Labute approximate surface area is 138 Å². The lowest BCUT2D eigenvalue weighted by atomic mass is 9.97. The summed E-state index contributed by atoms with van der Waals surface area (Å²) in [7, 11) is 7.93. The Morgan fingerprint density at radius 2 is 2.36 bits per heavy atom. The number of likely N-dealkylation sites (N-methyl/N-ethyl adjacent to an activating group) is 1. The Balaban J connectivity index is 1.92. The van der Waals surface area contributed by atoms with Crippen molar-refractivity contribution >= 4 is 17.7 Å². The Morgan fingerprint density at radius 3 is 2.95 bits per heavy atom. The second-order valence-corrected chi connectivity index (χ2v) is 7.32. The molecule has 2 rings (SSSR count). The fourth-order valence-electron chi connectivity index (χ4n) is 3.02. The van der Waals surface area contributed by atoms with E-state index in [1.807, 2.05) is 18.8 Å². The van der Waals surface area contributed by atoms with E-state index < -0.39 is 0 Å². The molecule has 7 heteroatoms. The van der Waals surface area contributed by atoms with E-state index in [0.717, 1.165) is 32.2 Å². The van der Waals surface area contributed by atoms with Gasteiger partial charge in [-0.1, -0.05) is 0 Å². The molecular weight excluding hydrogens is 300 g/mol. The summed E-state index contributed by atoms with van der Waals surface area (Å²) in [5, 5.41) is 3.59. The lowest BCUT2D eigenvalue weighted by Crippen LogP contribution is -2.57. The van der Waals surface area contributed by atoms with Crippen LogP contribution in [0, 0.1) is 0 Å². The smallest absolute Gasteiger partial charge is 0.193 e. The van der Waals surface area contributed by atoms with Gasteiger partial charge in [-0.3, -0.25) is 4.99 Å². The van der Waals surface area contributed by atoms with Gasteiger partial charge in [-0.25, -0.2) is 0 Å². The number of guanidine groups is 1. The predicted molar refractivity (Wildman–Crippen MR) is 92.9 cm³/mol. The van der Waals surface area contributed by atoms with Crippen molar-refractivity contribution in [1.29, 1.82) is 0 Å². The van der Waals surface area contributed by atoms with E-state index in [-0.39, 0.29) is 11.6 Å². The van der Waals surface area contributed by atoms with Crippen LogP contribution in [0.1, 0.15) is 6.42 Å². The number of nitrogens with zero attached hydrogens (tertiary/aromatic N) is 3.